The number of carbonyl (C=O) groups is 3. The fourth-order valence-electron chi connectivity index (χ4n) is 2.24. The van der Waals surface area contributed by atoms with Gasteiger partial charge >= 0.3 is 12.1 Å². The van der Waals surface area contributed by atoms with E-state index in [1.165, 1.54) is 0 Å². The topological polar surface area (TPSA) is 90.9 Å². The van der Waals surface area contributed by atoms with E-state index in [1.54, 1.807) is 6.92 Å². The van der Waals surface area contributed by atoms with E-state index in [0.717, 1.165) is 32.0 Å². The lowest BCUT2D eigenvalue weighted by Gasteiger charge is -2.24. The summed E-state index contributed by atoms with van der Waals surface area (Å²) in [6.45, 7) is 3.77. The van der Waals surface area contributed by atoms with Crippen molar-refractivity contribution < 1.29 is 37.4 Å². The fraction of sp³-hybridized carbons (Fsp3) is 0.312. The van der Waals surface area contributed by atoms with Crippen molar-refractivity contribution in [2.45, 2.75) is 26.4 Å². The van der Waals surface area contributed by atoms with Gasteiger partial charge in [-0.15, -0.1) is 0 Å². The number of halogens is 2. The number of rotatable bonds is 4. The van der Waals surface area contributed by atoms with Crippen LogP contribution in [0.25, 0.3) is 0 Å². The molecule has 0 fully saturated rings. The van der Waals surface area contributed by atoms with Crippen LogP contribution in [0.15, 0.2) is 29.8 Å². The zero-order chi connectivity index (χ0) is 18.8. The Morgan fingerprint density at radius 2 is 2.00 bits per heavy atom. The maximum Gasteiger partial charge on any atom is 0.414 e. The Morgan fingerprint density at radius 3 is 2.60 bits per heavy atom. The first-order valence-corrected chi connectivity index (χ1v) is 7.24. The number of hydrogen-bond acceptors (Lipinski definition) is 6. The molecule has 1 aliphatic heterocycles. The number of ketones is 1. The van der Waals surface area contributed by atoms with Gasteiger partial charge in [0, 0.05) is 12.5 Å². The van der Waals surface area contributed by atoms with Gasteiger partial charge in [0.15, 0.2) is 0 Å². The highest BCUT2D eigenvalue weighted by atomic mass is 19.1. The van der Waals surface area contributed by atoms with E-state index < -0.39 is 52.3 Å². The van der Waals surface area contributed by atoms with Crippen LogP contribution in [0.4, 0.5) is 13.6 Å². The molecular formula is C16H15F2NO6. The standard InChI is InChI=1S/C16H15F2NO6/c1-4-23-15(22)19-14-12(24-8(2)20)13(21)16(3,25-14)10-7-9(17)5-6-11(10)18/h5-7H,4H2,1-3H3,(H,19,22). The van der Waals surface area contributed by atoms with Crippen molar-refractivity contribution in [2.24, 2.45) is 0 Å². The monoisotopic (exact) mass is 355 g/mol. The molecule has 0 saturated heterocycles. The summed E-state index contributed by atoms with van der Waals surface area (Å²) < 4.78 is 42.4. The summed E-state index contributed by atoms with van der Waals surface area (Å²) in [5.74, 6) is -4.68. The summed E-state index contributed by atoms with van der Waals surface area (Å²) in [6.07, 6.45) is -0.973. The number of amides is 1. The lowest BCUT2D eigenvalue weighted by atomic mass is 9.91. The molecular weight excluding hydrogens is 340 g/mol. The van der Waals surface area contributed by atoms with Crippen LogP contribution < -0.4 is 5.32 Å². The van der Waals surface area contributed by atoms with Crippen molar-refractivity contribution in [1.29, 1.82) is 0 Å². The number of esters is 1. The summed E-state index contributed by atoms with van der Waals surface area (Å²) in [5, 5.41) is 2.11. The predicted molar refractivity (Wildman–Crippen MR) is 78.8 cm³/mol. The van der Waals surface area contributed by atoms with Crippen molar-refractivity contribution in [3.8, 4) is 0 Å². The number of benzene rings is 1. The second kappa shape index (κ2) is 6.88. The molecule has 1 amide bonds. The highest BCUT2D eigenvalue weighted by Gasteiger charge is 2.51. The normalized spacial score (nSPS) is 19.5. The maximum absolute atomic E-state index is 14.1. The first kappa shape index (κ1) is 18.4. The Kier molecular flexibility index (Phi) is 5.05. The zero-order valence-electron chi connectivity index (χ0n) is 13.6. The molecule has 25 heavy (non-hydrogen) atoms. The van der Waals surface area contributed by atoms with Crippen LogP contribution in [0.2, 0.25) is 0 Å². The molecule has 1 N–H and O–H groups in total. The maximum atomic E-state index is 14.1. The Morgan fingerprint density at radius 1 is 1.32 bits per heavy atom. The zero-order valence-corrected chi connectivity index (χ0v) is 13.6. The van der Waals surface area contributed by atoms with E-state index in [1.807, 2.05) is 0 Å². The number of nitrogens with one attached hydrogen (secondary N) is 1. The molecule has 7 nitrogen and oxygen atoms in total. The summed E-state index contributed by atoms with van der Waals surface area (Å²) in [7, 11) is 0. The van der Waals surface area contributed by atoms with Crippen molar-refractivity contribution in [3.63, 3.8) is 0 Å². The van der Waals surface area contributed by atoms with Gasteiger partial charge in [-0.2, -0.15) is 0 Å². The van der Waals surface area contributed by atoms with E-state index in [9.17, 15) is 23.2 Å². The van der Waals surface area contributed by atoms with E-state index in [0.29, 0.717) is 0 Å². The van der Waals surface area contributed by atoms with Gasteiger partial charge < -0.3 is 14.2 Å². The Labute approximate surface area is 141 Å². The van der Waals surface area contributed by atoms with Gasteiger partial charge in [0.1, 0.15) is 11.6 Å². The highest BCUT2D eigenvalue weighted by molar-refractivity contribution is 6.04. The average molecular weight is 355 g/mol. The number of hydrogen-bond donors (Lipinski definition) is 1. The van der Waals surface area contributed by atoms with Gasteiger partial charge in [-0.1, -0.05) is 0 Å². The third-order valence-corrected chi connectivity index (χ3v) is 3.33. The molecule has 0 radical (unpaired) electrons. The minimum atomic E-state index is -2.04. The smallest absolute Gasteiger partial charge is 0.414 e. The number of ether oxygens (including phenoxy) is 3. The van der Waals surface area contributed by atoms with Crippen LogP contribution in [0.3, 0.4) is 0 Å². The van der Waals surface area contributed by atoms with Gasteiger partial charge in [0.25, 0.3) is 5.78 Å². The van der Waals surface area contributed by atoms with Gasteiger partial charge in [0.2, 0.25) is 17.2 Å². The molecule has 0 bridgehead atoms. The minimum Gasteiger partial charge on any atom is -0.456 e. The van der Waals surface area contributed by atoms with Crippen molar-refractivity contribution in [3.05, 3.63) is 47.0 Å². The van der Waals surface area contributed by atoms with E-state index in [-0.39, 0.29) is 6.61 Å². The fourth-order valence-corrected chi connectivity index (χ4v) is 2.24. The summed E-state index contributed by atoms with van der Waals surface area (Å²) in [6, 6.07) is 2.49. The summed E-state index contributed by atoms with van der Waals surface area (Å²) in [4.78, 5) is 35.4. The SMILES string of the molecule is CCOC(=O)NC1=C(OC(C)=O)C(=O)C(C)(c2cc(F)ccc2F)O1. The van der Waals surface area contributed by atoms with Crippen LogP contribution >= 0.6 is 0 Å². The molecule has 0 saturated carbocycles. The van der Waals surface area contributed by atoms with Crippen LogP contribution in [0.1, 0.15) is 26.3 Å². The van der Waals surface area contributed by atoms with E-state index in [4.69, 9.17) is 9.47 Å². The van der Waals surface area contributed by atoms with E-state index in [2.05, 4.69) is 10.1 Å². The Balaban J connectivity index is 2.45. The van der Waals surface area contributed by atoms with Crippen molar-refractivity contribution in [2.75, 3.05) is 6.61 Å². The predicted octanol–water partition coefficient (Wildman–Crippen LogP) is 2.26. The number of Topliss-reactive ketones (excluding diaryl/α,β-unsaturated/α-hetero) is 1. The second-order valence-electron chi connectivity index (χ2n) is 5.19. The molecule has 1 unspecified atom stereocenters. The molecule has 0 aromatic heterocycles. The average Bonchev–Trinajstić information content (AvgIpc) is 2.75. The summed E-state index contributed by atoms with van der Waals surface area (Å²) in [5.41, 5.74) is -2.45. The quantitative estimate of drug-likeness (QED) is 0.833. The van der Waals surface area contributed by atoms with Crippen LogP contribution in [0.5, 0.6) is 0 Å². The molecule has 0 aliphatic carbocycles. The van der Waals surface area contributed by atoms with Crippen molar-refractivity contribution >= 4 is 17.8 Å². The van der Waals surface area contributed by atoms with Gasteiger partial charge in [-0.05, 0) is 32.0 Å². The van der Waals surface area contributed by atoms with Crippen molar-refractivity contribution in [1.82, 2.24) is 5.32 Å². The van der Waals surface area contributed by atoms with Crippen LogP contribution in [0, 0.1) is 11.6 Å². The second-order valence-corrected chi connectivity index (χ2v) is 5.19. The molecule has 0 spiro atoms. The number of carbonyl (C=O) groups excluding carboxylic acids is 3. The molecule has 1 aromatic rings. The summed E-state index contributed by atoms with van der Waals surface area (Å²) >= 11 is 0. The minimum absolute atomic E-state index is 0.0335. The van der Waals surface area contributed by atoms with Gasteiger partial charge in [-0.3, -0.25) is 14.9 Å². The molecule has 1 aliphatic rings. The molecule has 134 valence electrons. The molecule has 9 heteroatoms. The van der Waals surface area contributed by atoms with Crippen LogP contribution in [-0.4, -0.2) is 24.5 Å². The van der Waals surface area contributed by atoms with E-state index >= 15 is 0 Å². The first-order valence-electron chi connectivity index (χ1n) is 7.24. The third kappa shape index (κ3) is 3.59. The lowest BCUT2D eigenvalue weighted by Crippen LogP contribution is -2.33. The molecule has 2 rings (SSSR count). The van der Waals surface area contributed by atoms with Gasteiger partial charge in [-0.25, -0.2) is 13.6 Å². The molecule has 1 heterocycles. The molecule has 1 atom stereocenters. The lowest BCUT2D eigenvalue weighted by molar-refractivity contribution is -0.142. The third-order valence-electron chi connectivity index (χ3n) is 3.33. The molecule has 1 aromatic carbocycles. The Hall–Kier alpha value is -2.97. The Bertz CT molecular complexity index is 776. The van der Waals surface area contributed by atoms with Gasteiger partial charge in [0.05, 0.1) is 6.61 Å². The highest BCUT2D eigenvalue weighted by Crippen LogP contribution is 2.39. The number of alkyl carbamates (subject to hydrolysis) is 1. The van der Waals surface area contributed by atoms with Crippen LogP contribution in [-0.2, 0) is 29.4 Å². The largest absolute Gasteiger partial charge is 0.456 e. The first-order chi connectivity index (χ1) is 11.7.